The number of hydrogen-bond acceptors (Lipinski definition) is 9. The van der Waals surface area contributed by atoms with Crippen molar-refractivity contribution < 1.29 is 43.1 Å². The summed E-state index contributed by atoms with van der Waals surface area (Å²) in [5.41, 5.74) is 0. The lowest BCUT2D eigenvalue weighted by atomic mass is 9.95. The molecule has 0 aliphatic carbocycles. The van der Waals surface area contributed by atoms with Gasteiger partial charge in [-0.25, -0.2) is 4.79 Å². The lowest BCUT2D eigenvalue weighted by Crippen LogP contribution is -2.54. The highest BCUT2D eigenvalue weighted by Crippen LogP contribution is 2.44. The summed E-state index contributed by atoms with van der Waals surface area (Å²) in [5, 5.41) is 11.7. The van der Waals surface area contributed by atoms with Gasteiger partial charge in [0, 0.05) is 6.42 Å². The molecule has 3 rings (SSSR count). The minimum Gasteiger partial charge on any atom is -0.467 e. The third-order valence-corrected chi connectivity index (χ3v) is 5.15. The normalized spacial score (nSPS) is 35.4. The molecular formula is C19H31NO9. The van der Waals surface area contributed by atoms with Crippen LogP contribution < -0.4 is 5.32 Å². The van der Waals surface area contributed by atoms with Gasteiger partial charge in [0.05, 0.1) is 19.8 Å². The molecule has 0 aromatic carbocycles. The Kier molecular flexibility index (Phi) is 6.52. The summed E-state index contributed by atoms with van der Waals surface area (Å²) < 4.78 is 34.6. The molecule has 6 atom stereocenters. The molecule has 2 N–H and O–H groups in total. The van der Waals surface area contributed by atoms with Crippen LogP contribution in [0.1, 0.15) is 47.0 Å². The summed E-state index contributed by atoms with van der Waals surface area (Å²) in [5.74, 6) is -2.60. The minimum absolute atomic E-state index is 0.159. The van der Waals surface area contributed by atoms with E-state index < -0.39 is 36.5 Å². The van der Waals surface area contributed by atoms with Gasteiger partial charge in [0.25, 0.3) is 0 Å². The summed E-state index contributed by atoms with van der Waals surface area (Å²) in [4.78, 5) is 23.6. The van der Waals surface area contributed by atoms with Gasteiger partial charge in [-0.15, -0.1) is 0 Å². The van der Waals surface area contributed by atoms with Crippen molar-refractivity contribution >= 4 is 11.9 Å². The van der Waals surface area contributed by atoms with Crippen LogP contribution in [0.5, 0.6) is 0 Å². The quantitative estimate of drug-likeness (QED) is 0.560. The van der Waals surface area contributed by atoms with Crippen LogP contribution in [0.4, 0.5) is 0 Å². The van der Waals surface area contributed by atoms with E-state index in [0.29, 0.717) is 12.8 Å². The number of carbonyl (C=O) groups is 2. The lowest BCUT2D eigenvalue weighted by molar-refractivity contribution is -0.235. The molecule has 0 bridgehead atoms. The first-order chi connectivity index (χ1) is 13.5. The smallest absolute Gasteiger partial charge is 0.330 e. The minimum atomic E-state index is -1.07. The topological polar surface area (TPSA) is 122 Å². The van der Waals surface area contributed by atoms with Crippen molar-refractivity contribution in [3.8, 4) is 0 Å². The zero-order valence-electron chi connectivity index (χ0n) is 17.5. The first-order valence-electron chi connectivity index (χ1n) is 9.90. The van der Waals surface area contributed by atoms with Crippen molar-refractivity contribution in [2.75, 3.05) is 13.7 Å². The highest BCUT2D eigenvalue weighted by atomic mass is 16.9. The molecule has 1 unspecified atom stereocenters. The number of nitrogens with one attached hydrogen (secondary N) is 1. The molecule has 0 aromatic rings. The molecule has 0 aromatic heterocycles. The van der Waals surface area contributed by atoms with Gasteiger partial charge in [-0.2, -0.15) is 0 Å². The molecule has 10 nitrogen and oxygen atoms in total. The molecule has 3 aliphatic heterocycles. The van der Waals surface area contributed by atoms with Crippen LogP contribution in [0.2, 0.25) is 0 Å². The molecule has 1 amide bonds. The number of hydrogen-bond donors (Lipinski definition) is 2. The van der Waals surface area contributed by atoms with E-state index in [1.165, 1.54) is 7.11 Å². The third kappa shape index (κ3) is 5.07. The molecular weight excluding hydrogens is 386 g/mol. The average Bonchev–Trinajstić information content (AvgIpc) is 3.13. The Hall–Kier alpha value is -1.30. The van der Waals surface area contributed by atoms with Crippen LogP contribution in [0.15, 0.2) is 0 Å². The Balaban J connectivity index is 1.56. The predicted molar refractivity (Wildman–Crippen MR) is 97.4 cm³/mol. The van der Waals surface area contributed by atoms with Crippen LogP contribution in [0.25, 0.3) is 0 Å². The molecule has 0 radical (unpaired) electrons. The SMILES string of the molecule is COC(=O)[C@H](CO)NC(=O)CCCC1O[C@@H]2OC(C)(C)O[C@@H]2[C@H]2OC(C)(C)O[C@@H]12. The van der Waals surface area contributed by atoms with Crippen molar-refractivity contribution in [2.45, 2.75) is 95.3 Å². The summed E-state index contributed by atoms with van der Waals surface area (Å²) in [7, 11) is 1.20. The number of aliphatic hydroxyl groups is 1. The van der Waals surface area contributed by atoms with E-state index in [1.54, 1.807) is 0 Å². The zero-order valence-corrected chi connectivity index (χ0v) is 17.5. The van der Waals surface area contributed by atoms with E-state index in [1.807, 2.05) is 27.7 Å². The Morgan fingerprint density at radius 2 is 1.66 bits per heavy atom. The number of rotatable bonds is 7. The van der Waals surface area contributed by atoms with Crippen molar-refractivity contribution in [3.63, 3.8) is 0 Å². The van der Waals surface area contributed by atoms with Gasteiger partial charge < -0.3 is 38.8 Å². The molecule has 166 valence electrons. The molecule has 29 heavy (non-hydrogen) atoms. The highest BCUT2D eigenvalue weighted by Gasteiger charge is 2.60. The number of carbonyl (C=O) groups excluding carboxylic acids is 2. The van der Waals surface area contributed by atoms with E-state index in [9.17, 15) is 14.7 Å². The number of aliphatic hydroxyl groups excluding tert-OH is 1. The van der Waals surface area contributed by atoms with Crippen LogP contribution in [0.3, 0.4) is 0 Å². The second-order valence-corrected chi connectivity index (χ2v) is 8.43. The first kappa shape index (κ1) is 22.4. The van der Waals surface area contributed by atoms with E-state index in [-0.39, 0.29) is 36.7 Å². The van der Waals surface area contributed by atoms with E-state index in [0.717, 1.165) is 0 Å². The second-order valence-electron chi connectivity index (χ2n) is 8.43. The van der Waals surface area contributed by atoms with Gasteiger partial charge in [-0.1, -0.05) is 0 Å². The molecule has 0 spiro atoms. The molecule has 3 saturated heterocycles. The standard InChI is InChI=1S/C19H31NO9/c1-18(2)26-13-11(7-6-8-12(22)20-10(9-21)16(23)24-5)25-17-15(14(13)27-18)28-19(3,4)29-17/h10-11,13-15,17,21H,6-9H2,1-5H3,(H,20,22)/t10-,11?,13-,14-,15+,17+/m0/s1. The third-order valence-electron chi connectivity index (χ3n) is 5.15. The number of amides is 1. The van der Waals surface area contributed by atoms with Gasteiger partial charge in [0.1, 0.15) is 18.3 Å². The summed E-state index contributed by atoms with van der Waals surface area (Å²) in [6, 6.07) is -1.07. The Labute approximate surface area is 170 Å². The van der Waals surface area contributed by atoms with Gasteiger partial charge in [0.15, 0.2) is 23.9 Å². The molecule has 3 fully saturated rings. The van der Waals surface area contributed by atoms with Crippen LogP contribution >= 0.6 is 0 Å². The van der Waals surface area contributed by atoms with Crippen molar-refractivity contribution in [1.29, 1.82) is 0 Å². The van der Waals surface area contributed by atoms with Crippen molar-refractivity contribution in [3.05, 3.63) is 0 Å². The fraction of sp³-hybridized carbons (Fsp3) is 0.895. The van der Waals surface area contributed by atoms with E-state index in [2.05, 4.69) is 10.1 Å². The Morgan fingerprint density at radius 3 is 2.31 bits per heavy atom. The fourth-order valence-electron chi connectivity index (χ4n) is 3.98. The number of ether oxygens (including phenoxy) is 6. The van der Waals surface area contributed by atoms with Crippen LogP contribution in [0, 0.1) is 0 Å². The van der Waals surface area contributed by atoms with Crippen molar-refractivity contribution in [2.24, 2.45) is 0 Å². The zero-order chi connectivity index (χ0) is 21.4. The summed E-state index contributed by atoms with van der Waals surface area (Å²) in [6.07, 6.45) is -0.779. The van der Waals surface area contributed by atoms with Gasteiger partial charge in [-0.3, -0.25) is 4.79 Å². The second kappa shape index (κ2) is 8.44. The maximum Gasteiger partial charge on any atom is 0.330 e. The van der Waals surface area contributed by atoms with Gasteiger partial charge in [-0.05, 0) is 40.5 Å². The number of fused-ring (bicyclic) bond motifs is 3. The monoisotopic (exact) mass is 417 g/mol. The maximum absolute atomic E-state index is 12.1. The first-order valence-corrected chi connectivity index (χ1v) is 9.90. The molecule has 3 heterocycles. The maximum atomic E-state index is 12.1. The lowest BCUT2D eigenvalue weighted by Gasteiger charge is -2.37. The number of esters is 1. The number of methoxy groups -OCH3 is 1. The summed E-state index contributed by atoms with van der Waals surface area (Å²) in [6.45, 7) is 6.80. The van der Waals surface area contributed by atoms with Crippen LogP contribution in [-0.2, 0) is 38.0 Å². The van der Waals surface area contributed by atoms with E-state index in [4.69, 9.17) is 23.7 Å². The van der Waals surface area contributed by atoms with E-state index >= 15 is 0 Å². The van der Waals surface area contributed by atoms with Gasteiger partial charge in [0.2, 0.25) is 5.91 Å². The van der Waals surface area contributed by atoms with Gasteiger partial charge >= 0.3 is 5.97 Å². The fourth-order valence-corrected chi connectivity index (χ4v) is 3.98. The Bertz CT molecular complexity index is 623. The van der Waals surface area contributed by atoms with Crippen LogP contribution in [-0.4, -0.2) is 79.0 Å². The molecule has 3 aliphatic rings. The Morgan fingerprint density at radius 1 is 1.03 bits per heavy atom. The highest BCUT2D eigenvalue weighted by molar-refractivity contribution is 5.84. The van der Waals surface area contributed by atoms with Crippen molar-refractivity contribution in [1.82, 2.24) is 5.32 Å². The average molecular weight is 417 g/mol. The molecule has 0 saturated carbocycles. The molecule has 10 heteroatoms. The summed E-state index contributed by atoms with van der Waals surface area (Å²) >= 11 is 0. The predicted octanol–water partition coefficient (Wildman–Crippen LogP) is 0.203. The largest absolute Gasteiger partial charge is 0.467 e.